The van der Waals surface area contributed by atoms with E-state index in [-0.39, 0.29) is 12.3 Å². The van der Waals surface area contributed by atoms with Crippen LogP contribution in [0.4, 0.5) is 18.9 Å². The van der Waals surface area contributed by atoms with Crippen molar-refractivity contribution in [1.29, 1.82) is 0 Å². The number of sulfone groups is 1. The Balaban J connectivity index is 3.40. The van der Waals surface area contributed by atoms with Gasteiger partial charge in [-0.2, -0.15) is 13.2 Å². The zero-order valence-corrected chi connectivity index (χ0v) is 11.2. The number of anilines is 1. The summed E-state index contributed by atoms with van der Waals surface area (Å²) >= 11 is 0. The van der Waals surface area contributed by atoms with Gasteiger partial charge in [0.2, 0.25) is 0 Å². The highest BCUT2D eigenvalue weighted by molar-refractivity contribution is 7.92. The molecule has 0 aliphatic rings. The summed E-state index contributed by atoms with van der Waals surface area (Å²) < 4.78 is 60.7. The number of hydrogen-bond acceptors (Lipinski definition) is 4. The number of rotatable bonds is 4. The monoisotopic (exact) mass is 297 g/mol. The number of hydrogen-bond donors (Lipinski definition) is 1. The highest BCUT2D eigenvalue weighted by atomic mass is 32.2. The number of aliphatic hydroxyl groups is 1. The highest BCUT2D eigenvalue weighted by Crippen LogP contribution is 2.35. The third-order valence-corrected chi connectivity index (χ3v) is 4.30. The Kier molecular flexibility index (Phi) is 4.46. The molecule has 0 saturated heterocycles. The Morgan fingerprint density at radius 3 is 2.32 bits per heavy atom. The summed E-state index contributed by atoms with van der Waals surface area (Å²) in [6.07, 6.45) is 0. The van der Waals surface area contributed by atoms with Crippen molar-refractivity contribution in [3.05, 3.63) is 24.3 Å². The molecule has 1 aromatic carbocycles. The van der Waals surface area contributed by atoms with Gasteiger partial charge in [0.1, 0.15) is 0 Å². The van der Waals surface area contributed by atoms with E-state index in [1.54, 1.807) is 6.92 Å². The van der Waals surface area contributed by atoms with Gasteiger partial charge in [0, 0.05) is 13.1 Å². The van der Waals surface area contributed by atoms with Crippen LogP contribution in [0.3, 0.4) is 0 Å². The van der Waals surface area contributed by atoms with Crippen LogP contribution in [-0.2, 0) is 9.84 Å². The second-order valence-corrected chi connectivity index (χ2v) is 5.97. The van der Waals surface area contributed by atoms with Gasteiger partial charge in [-0.1, -0.05) is 12.1 Å². The maximum absolute atomic E-state index is 12.6. The van der Waals surface area contributed by atoms with Gasteiger partial charge in [0.15, 0.2) is 0 Å². The Bertz CT molecular complexity index is 542. The molecule has 0 bridgehead atoms. The average molecular weight is 297 g/mol. The summed E-state index contributed by atoms with van der Waals surface area (Å²) in [4.78, 5) is 0.476. The Hall–Kier alpha value is -1.28. The Morgan fingerprint density at radius 2 is 1.84 bits per heavy atom. The van der Waals surface area contributed by atoms with Crippen LogP contribution >= 0.6 is 0 Å². The number of halogens is 3. The number of benzene rings is 1. The number of alkyl halides is 3. The molecule has 0 aromatic heterocycles. The summed E-state index contributed by atoms with van der Waals surface area (Å²) in [7, 11) is -3.99. The van der Waals surface area contributed by atoms with Gasteiger partial charge < -0.3 is 10.0 Å². The second-order valence-electron chi connectivity index (χ2n) is 4.06. The minimum atomic E-state index is -5.42. The largest absolute Gasteiger partial charge is 0.501 e. The molecule has 0 radical (unpaired) electrons. The molecule has 0 saturated carbocycles. The molecule has 1 rings (SSSR count). The Labute approximate surface area is 109 Å². The topological polar surface area (TPSA) is 57.6 Å². The van der Waals surface area contributed by atoms with Crippen molar-refractivity contribution in [3.8, 4) is 0 Å². The van der Waals surface area contributed by atoms with Gasteiger partial charge in [0.05, 0.1) is 17.2 Å². The van der Waals surface area contributed by atoms with E-state index in [0.717, 1.165) is 6.07 Å². The highest BCUT2D eigenvalue weighted by Gasteiger charge is 2.48. The number of nitrogens with zero attached hydrogens (tertiary/aromatic N) is 1. The standard InChI is InChI=1S/C11H14F3NO3S/c1-8(7-16)15(2)9-5-3-4-6-10(9)19(17,18)11(12,13)14/h3-6,8,16H,7H2,1-2H3. The van der Waals surface area contributed by atoms with E-state index >= 15 is 0 Å². The van der Waals surface area contributed by atoms with E-state index in [1.807, 2.05) is 0 Å². The van der Waals surface area contributed by atoms with E-state index in [1.165, 1.54) is 30.1 Å². The zero-order valence-electron chi connectivity index (χ0n) is 10.3. The van der Waals surface area contributed by atoms with Crippen molar-refractivity contribution in [2.75, 3.05) is 18.6 Å². The molecule has 1 aromatic rings. The molecule has 8 heteroatoms. The molecule has 0 fully saturated rings. The molecule has 1 N–H and O–H groups in total. The molecule has 1 atom stereocenters. The van der Waals surface area contributed by atoms with E-state index in [4.69, 9.17) is 5.11 Å². The molecule has 19 heavy (non-hydrogen) atoms. The van der Waals surface area contributed by atoms with Gasteiger partial charge in [-0.05, 0) is 19.1 Å². The first-order chi connectivity index (χ1) is 8.63. The quantitative estimate of drug-likeness (QED) is 0.920. The molecule has 0 spiro atoms. The number of para-hydroxylation sites is 1. The van der Waals surface area contributed by atoms with Gasteiger partial charge in [0.25, 0.3) is 9.84 Å². The van der Waals surface area contributed by atoms with Crippen molar-refractivity contribution >= 4 is 15.5 Å². The molecule has 0 amide bonds. The van der Waals surface area contributed by atoms with Crippen molar-refractivity contribution in [2.24, 2.45) is 0 Å². The number of likely N-dealkylation sites (N-methyl/N-ethyl adjacent to an activating group) is 1. The first-order valence-corrected chi connectivity index (χ1v) is 6.85. The van der Waals surface area contributed by atoms with Gasteiger partial charge in [-0.3, -0.25) is 0 Å². The predicted octanol–water partition coefficient (Wildman–Crippen LogP) is 1.80. The van der Waals surface area contributed by atoms with Crippen molar-refractivity contribution in [3.63, 3.8) is 0 Å². The molecular formula is C11H14F3NO3S. The fraction of sp³-hybridized carbons (Fsp3) is 0.455. The molecule has 0 aliphatic carbocycles. The minimum absolute atomic E-state index is 0.0959. The van der Waals surface area contributed by atoms with Crippen LogP contribution in [-0.4, -0.2) is 38.7 Å². The molecule has 0 aliphatic heterocycles. The summed E-state index contributed by atoms with van der Waals surface area (Å²) in [5.74, 6) is 0. The molecular weight excluding hydrogens is 283 g/mol. The van der Waals surface area contributed by atoms with Crippen molar-refractivity contribution < 1.29 is 26.7 Å². The van der Waals surface area contributed by atoms with Gasteiger partial charge in [-0.15, -0.1) is 0 Å². The lowest BCUT2D eigenvalue weighted by Crippen LogP contribution is -2.34. The molecule has 4 nitrogen and oxygen atoms in total. The lowest BCUT2D eigenvalue weighted by molar-refractivity contribution is -0.0435. The summed E-state index contributed by atoms with van der Waals surface area (Å²) in [6, 6.07) is 4.32. The van der Waals surface area contributed by atoms with Crippen LogP contribution < -0.4 is 4.90 Å². The van der Waals surface area contributed by atoms with E-state index in [9.17, 15) is 21.6 Å². The van der Waals surface area contributed by atoms with Crippen molar-refractivity contribution in [2.45, 2.75) is 23.4 Å². The average Bonchev–Trinajstić information content (AvgIpc) is 2.35. The summed E-state index contributed by atoms with van der Waals surface area (Å²) in [5.41, 5.74) is -5.45. The van der Waals surface area contributed by atoms with E-state index in [2.05, 4.69) is 0 Å². The zero-order chi connectivity index (χ0) is 14.8. The van der Waals surface area contributed by atoms with Crippen LogP contribution in [0.5, 0.6) is 0 Å². The molecule has 108 valence electrons. The minimum Gasteiger partial charge on any atom is -0.394 e. The maximum Gasteiger partial charge on any atom is 0.501 e. The third kappa shape index (κ3) is 3.01. The maximum atomic E-state index is 12.6. The van der Waals surface area contributed by atoms with Gasteiger partial charge >= 0.3 is 5.51 Å². The van der Waals surface area contributed by atoms with Crippen LogP contribution in [0, 0.1) is 0 Å². The Morgan fingerprint density at radius 1 is 1.32 bits per heavy atom. The van der Waals surface area contributed by atoms with Crippen molar-refractivity contribution in [1.82, 2.24) is 0 Å². The summed E-state index contributed by atoms with van der Waals surface area (Å²) in [5, 5.41) is 9.01. The second kappa shape index (κ2) is 5.38. The molecule has 1 unspecified atom stereocenters. The lowest BCUT2D eigenvalue weighted by atomic mass is 10.2. The van der Waals surface area contributed by atoms with Crippen LogP contribution in [0.2, 0.25) is 0 Å². The molecule has 0 heterocycles. The first kappa shape index (κ1) is 15.8. The number of aliphatic hydroxyl groups excluding tert-OH is 1. The lowest BCUT2D eigenvalue weighted by Gasteiger charge is -2.27. The first-order valence-electron chi connectivity index (χ1n) is 5.37. The van der Waals surface area contributed by atoms with E-state index in [0.29, 0.717) is 0 Å². The van der Waals surface area contributed by atoms with E-state index < -0.39 is 26.3 Å². The fourth-order valence-electron chi connectivity index (χ4n) is 1.46. The normalized spacial score (nSPS) is 14.2. The fourth-order valence-corrected chi connectivity index (χ4v) is 2.45. The predicted molar refractivity (Wildman–Crippen MR) is 64.6 cm³/mol. The SMILES string of the molecule is CC(CO)N(C)c1ccccc1S(=O)(=O)C(F)(F)F. The van der Waals surface area contributed by atoms with Crippen LogP contribution in [0.15, 0.2) is 29.2 Å². The van der Waals surface area contributed by atoms with Gasteiger partial charge in [-0.25, -0.2) is 8.42 Å². The van der Waals surface area contributed by atoms with Crippen LogP contribution in [0.25, 0.3) is 0 Å². The summed E-state index contributed by atoms with van der Waals surface area (Å²) in [6.45, 7) is 1.26. The van der Waals surface area contributed by atoms with Crippen LogP contribution in [0.1, 0.15) is 6.92 Å². The smallest absolute Gasteiger partial charge is 0.394 e. The third-order valence-electron chi connectivity index (χ3n) is 2.76.